The van der Waals surface area contributed by atoms with Crippen molar-refractivity contribution in [2.75, 3.05) is 7.11 Å². The van der Waals surface area contributed by atoms with Crippen LogP contribution in [-0.2, 0) is 11.0 Å². The normalized spacial score (nSPS) is 12.2. The van der Waals surface area contributed by atoms with Crippen molar-refractivity contribution in [2.45, 2.75) is 6.18 Å². The quantitative estimate of drug-likeness (QED) is 0.324. The number of oxime groups is 1. The molecule has 0 aliphatic rings. The molecule has 2 aromatic rings. The van der Waals surface area contributed by atoms with E-state index in [9.17, 15) is 30.7 Å². The van der Waals surface area contributed by atoms with Crippen LogP contribution in [0.3, 0.4) is 0 Å². The minimum absolute atomic E-state index is 0.0800. The smallest absolute Gasteiger partial charge is 0.399 e. The van der Waals surface area contributed by atoms with Crippen molar-refractivity contribution in [1.29, 1.82) is 0 Å². The predicted molar refractivity (Wildman–Crippen MR) is 70.7 cm³/mol. The maximum Gasteiger partial charge on any atom is 0.422 e. The van der Waals surface area contributed by atoms with Crippen LogP contribution in [0.5, 0.6) is 0 Å². The molecule has 0 atom stereocenters. The Bertz CT molecular complexity index is 787. The minimum Gasteiger partial charge on any atom is -0.399 e. The summed E-state index contributed by atoms with van der Waals surface area (Å²) in [4.78, 5) is 4.37. The minimum atomic E-state index is -5.62. The lowest BCUT2D eigenvalue weighted by Crippen LogP contribution is -2.18. The fraction of sp³-hybridized carbons (Fsp3) is 0.167. The zero-order chi connectivity index (χ0) is 18.2. The van der Waals surface area contributed by atoms with Crippen LogP contribution in [0.1, 0.15) is 11.1 Å². The highest BCUT2D eigenvalue weighted by atomic mass is 79.9. The van der Waals surface area contributed by atoms with Gasteiger partial charge in [-0.3, -0.25) is 0 Å². The van der Waals surface area contributed by atoms with Gasteiger partial charge in [-0.2, -0.15) is 18.3 Å². The molecule has 0 fully saturated rings. The van der Waals surface area contributed by atoms with E-state index in [1.54, 1.807) is 0 Å². The first kappa shape index (κ1) is 18.2. The molecule has 24 heavy (non-hydrogen) atoms. The monoisotopic (exact) mass is 419 g/mol. The van der Waals surface area contributed by atoms with Crippen LogP contribution in [0.15, 0.2) is 16.0 Å². The molecule has 0 N–H and O–H groups in total. The molecule has 12 heteroatoms. The summed E-state index contributed by atoms with van der Waals surface area (Å²) < 4.78 is 92.9. The molecule has 0 saturated heterocycles. The zero-order valence-corrected chi connectivity index (χ0v) is 13.0. The highest BCUT2D eigenvalue weighted by molar-refractivity contribution is 9.10. The Hall–Kier alpha value is -2.11. The first-order valence-corrected chi connectivity index (χ1v) is 6.64. The van der Waals surface area contributed by atoms with Crippen molar-refractivity contribution in [3.05, 3.63) is 45.2 Å². The van der Waals surface area contributed by atoms with E-state index in [0.717, 1.165) is 12.4 Å². The van der Waals surface area contributed by atoms with Crippen LogP contribution in [-0.4, -0.2) is 23.1 Å². The zero-order valence-electron chi connectivity index (χ0n) is 11.4. The molecule has 0 spiro atoms. The van der Waals surface area contributed by atoms with Gasteiger partial charge in [-0.25, -0.2) is 22.2 Å². The lowest BCUT2D eigenvalue weighted by Gasteiger charge is -2.14. The predicted octanol–water partition coefficient (Wildman–Crippen LogP) is 4.19. The van der Waals surface area contributed by atoms with Gasteiger partial charge in [-0.05, 0) is 15.9 Å². The van der Waals surface area contributed by atoms with E-state index in [0.29, 0.717) is 4.68 Å². The van der Waals surface area contributed by atoms with E-state index in [2.05, 4.69) is 31.0 Å². The second-order valence-electron chi connectivity index (χ2n) is 4.20. The molecule has 0 bridgehead atoms. The van der Waals surface area contributed by atoms with Gasteiger partial charge in [-0.1, -0.05) is 5.16 Å². The maximum atomic E-state index is 13.9. The van der Waals surface area contributed by atoms with Gasteiger partial charge in [-0.15, -0.1) is 0 Å². The van der Waals surface area contributed by atoms with Crippen molar-refractivity contribution < 1.29 is 35.6 Å². The van der Waals surface area contributed by atoms with Gasteiger partial charge in [0.15, 0.2) is 23.3 Å². The third kappa shape index (κ3) is 2.97. The second kappa shape index (κ2) is 6.42. The number of alkyl halides is 3. The van der Waals surface area contributed by atoms with Crippen LogP contribution in [0, 0.1) is 23.3 Å². The van der Waals surface area contributed by atoms with Gasteiger partial charge >= 0.3 is 6.18 Å². The number of hydrogen-bond donors (Lipinski definition) is 0. The third-order valence-electron chi connectivity index (χ3n) is 2.77. The number of aromatic nitrogens is 2. The first-order chi connectivity index (χ1) is 11.1. The summed E-state index contributed by atoms with van der Waals surface area (Å²) in [7, 11) is 1.20. The number of benzene rings is 1. The molecule has 1 heterocycles. The van der Waals surface area contributed by atoms with Crippen LogP contribution < -0.4 is 0 Å². The largest absolute Gasteiger partial charge is 0.422 e. The Kier molecular flexibility index (Phi) is 4.87. The number of rotatable bonds is 3. The average Bonchev–Trinajstić information content (AvgIpc) is 2.83. The maximum absolute atomic E-state index is 13.9. The molecule has 0 radical (unpaired) electrons. The van der Waals surface area contributed by atoms with E-state index in [1.807, 2.05) is 0 Å². The molecular weight excluding hydrogens is 415 g/mol. The molecule has 0 saturated carbocycles. The topological polar surface area (TPSA) is 39.4 Å². The number of halogens is 8. The Balaban J connectivity index is 2.74. The van der Waals surface area contributed by atoms with E-state index in [-0.39, 0.29) is 10.2 Å². The molecule has 1 aromatic carbocycles. The van der Waals surface area contributed by atoms with E-state index < -0.39 is 40.7 Å². The molecule has 0 unspecified atom stereocenters. The van der Waals surface area contributed by atoms with Gasteiger partial charge in [0.2, 0.25) is 0 Å². The Morgan fingerprint density at radius 2 is 1.67 bits per heavy atom. The number of nitrogens with zero attached hydrogens (tertiary/aromatic N) is 3. The van der Waals surface area contributed by atoms with Gasteiger partial charge in [0, 0.05) is 5.56 Å². The van der Waals surface area contributed by atoms with Crippen molar-refractivity contribution >= 4 is 22.1 Å². The standard InChI is InChI=1S/C12H5BrF7N3O/c1-24-22-3-4-2-21-23(11(4)13)10-8(16)6(14)5(12(18,19)20)7(15)9(10)17/h2-3H,1H3/b22-3+. The molecule has 4 nitrogen and oxygen atoms in total. The van der Waals surface area contributed by atoms with Crippen LogP contribution in [0.2, 0.25) is 0 Å². The first-order valence-electron chi connectivity index (χ1n) is 5.84. The molecule has 0 aliphatic heterocycles. The fourth-order valence-electron chi connectivity index (χ4n) is 1.75. The van der Waals surface area contributed by atoms with Gasteiger partial charge in [0.1, 0.15) is 23.0 Å². The van der Waals surface area contributed by atoms with E-state index in [4.69, 9.17) is 0 Å². The molecule has 0 amide bonds. The van der Waals surface area contributed by atoms with Crippen LogP contribution in [0.25, 0.3) is 5.69 Å². The fourth-order valence-corrected chi connectivity index (χ4v) is 2.23. The van der Waals surface area contributed by atoms with Crippen molar-refractivity contribution in [3.63, 3.8) is 0 Å². The van der Waals surface area contributed by atoms with Gasteiger partial charge in [0.25, 0.3) is 0 Å². The summed E-state index contributed by atoms with van der Waals surface area (Å²) in [5.74, 6) is -9.66. The van der Waals surface area contributed by atoms with Crippen LogP contribution >= 0.6 is 15.9 Å². The van der Waals surface area contributed by atoms with E-state index >= 15 is 0 Å². The Morgan fingerprint density at radius 1 is 1.12 bits per heavy atom. The Morgan fingerprint density at radius 3 is 2.12 bits per heavy atom. The van der Waals surface area contributed by atoms with Gasteiger partial charge < -0.3 is 4.84 Å². The molecule has 1 aromatic heterocycles. The Labute approximate surface area is 137 Å². The van der Waals surface area contributed by atoms with Crippen molar-refractivity contribution in [3.8, 4) is 5.69 Å². The van der Waals surface area contributed by atoms with Crippen molar-refractivity contribution in [2.24, 2.45) is 5.16 Å². The molecule has 2 rings (SSSR count). The van der Waals surface area contributed by atoms with Gasteiger partial charge in [0.05, 0.1) is 12.4 Å². The molecular formula is C12H5BrF7N3O. The number of hydrogen-bond acceptors (Lipinski definition) is 3. The lowest BCUT2D eigenvalue weighted by molar-refractivity contribution is -0.143. The van der Waals surface area contributed by atoms with E-state index in [1.165, 1.54) is 7.11 Å². The molecule has 0 aliphatic carbocycles. The van der Waals surface area contributed by atoms with Crippen molar-refractivity contribution in [1.82, 2.24) is 9.78 Å². The summed E-state index contributed by atoms with van der Waals surface area (Å²) in [6.07, 6.45) is -3.59. The lowest BCUT2D eigenvalue weighted by atomic mass is 10.1. The molecule has 130 valence electrons. The summed E-state index contributed by atoms with van der Waals surface area (Å²) in [6.45, 7) is 0. The van der Waals surface area contributed by atoms with Crippen LogP contribution in [0.4, 0.5) is 30.7 Å². The summed E-state index contributed by atoms with van der Waals surface area (Å²) in [6, 6.07) is 0. The third-order valence-corrected chi connectivity index (χ3v) is 3.56. The summed E-state index contributed by atoms with van der Waals surface area (Å²) in [5, 5.41) is 6.81. The SMILES string of the molecule is CO/N=C/c1cnn(-c2c(F)c(F)c(C(F)(F)F)c(F)c2F)c1Br. The summed E-state index contributed by atoms with van der Waals surface area (Å²) >= 11 is 2.85. The second-order valence-corrected chi connectivity index (χ2v) is 4.95. The average molecular weight is 420 g/mol. The summed E-state index contributed by atoms with van der Waals surface area (Å²) in [5.41, 5.74) is -4.04. The highest BCUT2D eigenvalue weighted by Gasteiger charge is 2.43. The highest BCUT2D eigenvalue weighted by Crippen LogP contribution is 2.38.